The largest absolute Gasteiger partial charge is 0.477 e. The topological polar surface area (TPSA) is 59.0 Å². The minimum atomic E-state index is 0. The van der Waals surface area contributed by atoms with Crippen LogP contribution in [0.1, 0.15) is 45.1 Å². The van der Waals surface area contributed by atoms with E-state index in [2.05, 4.69) is 36.1 Å². The summed E-state index contributed by atoms with van der Waals surface area (Å²) in [7, 11) is 2.11. The Bertz CT molecular complexity index is 551. The van der Waals surface area contributed by atoms with E-state index in [1.54, 1.807) is 6.20 Å². The van der Waals surface area contributed by atoms with Crippen LogP contribution in [0, 0.1) is 5.92 Å². The minimum absolute atomic E-state index is 0. The number of hydrogen-bond acceptors (Lipinski definition) is 4. The molecule has 1 aromatic heterocycles. The molecule has 27 heavy (non-hydrogen) atoms. The summed E-state index contributed by atoms with van der Waals surface area (Å²) in [6.07, 6.45) is 6.27. The number of aliphatic imine (C=N–C) groups is 1. The van der Waals surface area contributed by atoms with Gasteiger partial charge in [-0.05, 0) is 44.6 Å². The van der Waals surface area contributed by atoms with Gasteiger partial charge >= 0.3 is 0 Å². The maximum Gasteiger partial charge on any atom is 0.218 e. The molecule has 0 atom stereocenters. The lowest BCUT2D eigenvalue weighted by Gasteiger charge is -2.27. The molecule has 0 aliphatic carbocycles. The molecule has 0 spiro atoms. The molecule has 1 saturated heterocycles. The zero-order chi connectivity index (χ0) is 18.6. The Balaban J connectivity index is 0.00000364. The molecule has 1 aliphatic rings. The van der Waals surface area contributed by atoms with E-state index in [9.17, 15) is 0 Å². The third-order valence-electron chi connectivity index (χ3n) is 4.60. The van der Waals surface area contributed by atoms with E-state index in [-0.39, 0.29) is 24.0 Å². The zero-order valence-corrected chi connectivity index (χ0v) is 19.3. The molecule has 154 valence electrons. The van der Waals surface area contributed by atoms with Crippen LogP contribution in [0.4, 0.5) is 0 Å². The summed E-state index contributed by atoms with van der Waals surface area (Å²) in [4.78, 5) is 11.4. The highest BCUT2D eigenvalue weighted by Gasteiger charge is 2.15. The van der Waals surface area contributed by atoms with Crippen LogP contribution >= 0.6 is 24.0 Å². The number of halogens is 1. The highest BCUT2D eigenvalue weighted by atomic mass is 127. The Morgan fingerprint density at radius 2 is 2.15 bits per heavy atom. The summed E-state index contributed by atoms with van der Waals surface area (Å²) < 4.78 is 11.2. The highest BCUT2D eigenvalue weighted by Crippen LogP contribution is 2.19. The molecule has 0 amide bonds. The van der Waals surface area contributed by atoms with E-state index in [0.29, 0.717) is 19.0 Å². The zero-order valence-electron chi connectivity index (χ0n) is 16.9. The first kappa shape index (κ1) is 23.9. The Morgan fingerprint density at radius 3 is 2.85 bits per heavy atom. The fourth-order valence-corrected chi connectivity index (χ4v) is 3.02. The predicted molar refractivity (Wildman–Crippen MR) is 121 cm³/mol. The maximum atomic E-state index is 5.74. The predicted octanol–water partition coefficient (Wildman–Crippen LogP) is 3.70. The molecule has 1 aromatic rings. The molecule has 2 heterocycles. The number of pyridine rings is 1. The van der Waals surface area contributed by atoms with Gasteiger partial charge in [-0.2, -0.15) is 0 Å². The van der Waals surface area contributed by atoms with Gasteiger partial charge in [0.1, 0.15) is 0 Å². The van der Waals surface area contributed by atoms with Crippen molar-refractivity contribution >= 4 is 29.9 Å². The number of nitrogens with zero attached hydrogens (tertiary/aromatic N) is 3. The Kier molecular flexibility index (Phi) is 12.4. The lowest BCUT2D eigenvalue weighted by molar-refractivity contribution is 0.0625. The minimum Gasteiger partial charge on any atom is -0.477 e. The van der Waals surface area contributed by atoms with Gasteiger partial charge in [0.25, 0.3) is 0 Å². The molecule has 1 fully saturated rings. The van der Waals surface area contributed by atoms with Gasteiger partial charge in [-0.25, -0.2) is 9.98 Å². The van der Waals surface area contributed by atoms with Crippen molar-refractivity contribution in [2.75, 3.05) is 40.0 Å². The number of guanidine groups is 1. The molecule has 0 aromatic carbocycles. The van der Waals surface area contributed by atoms with Crippen LogP contribution in [-0.4, -0.2) is 55.8 Å². The molecule has 0 bridgehead atoms. The van der Waals surface area contributed by atoms with Crippen LogP contribution < -0.4 is 10.1 Å². The Morgan fingerprint density at radius 1 is 1.37 bits per heavy atom. The summed E-state index contributed by atoms with van der Waals surface area (Å²) in [6, 6.07) is 3.97. The SMILES string of the molecule is CCCOc1ncccc1CN=C(NCC)N(C)CCC1CCOCC1.I. The van der Waals surface area contributed by atoms with E-state index in [0.717, 1.165) is 50.2 Å². The fourth-order valence-electron chi connectivity index (χ4n) is 3.02. The quantitative estimate of drug-likeness (QED) is 0.325. The van der Waals surface area contributed by atoms with Crippen molar-refractivity contribution in [3.63, 3.8) is 0 Å². The Labute approximate surface area is 181 Å². The van der Waals surface area contributed by atoms with Crippen molar-refractivity contribution in [3.8, 4) is 5.88 Å². The second-order valence-electron chi connectivity index (χ2n) is 6.75. The summed E-state index contributed by atoms with van der Waals surface area (Å²) in [6.45, 7) is 9.11. The van der Waals surface area contributed by atoms with E-state index in [1.807, 2.05) is 12.1 Å². The summed E-state index contributed by atoms with van der Waals surface area (Å²) in [5.74, 6) is 2.39. The molecule has 1 N–H and O–H groups in total. The summed E-state index contributed by atoms with van der Waals surface area (Å²) in [5.41, 5.74) is 1.02. The molecule has 1 aliphatic heterocycles. The molecule has 6 nitrogen and oxygen atoms in total. The molecular formula is C20H35IN4O2. The van der Waals surface area contributed by atoms with Crippen molar-refractivity contribution < 1.29 is 9.47 Å². The summed E-state index contributed by atoms with van der Waals surface area (Å²) in [5, 5.41) is 3.39. The standard InChI is InChI=1S/C20H34N4O2.HI/c1-4-13-26-19-18(7-6-11-22-19)16-23-20(21-5-2)24(3)12-8-17-9-14-25-15-10-17;/h6-7,11,17H,4-5,8-10,12-16H2,1-3H3,(H,21,23);1H. The van der Waals surface area contributed by atoms with Gasteiger partial charge < -0.3 is 19.7 Å². The first-order chi connectivity index (χ1) is 12.7. The monoisotopic (exact) mass is 490 g/mol. The number of aromatic nitrogens is 1. The third kappa shape index (κ3) is 8.64. The average molecular weight is 490 g/mol. The smallest absolute Gasteiger partial charge is 0.218 e. The molecule has 0 radical (unpaired) electrons. The van der Waals surface area contributed by atoms with Crippen LogP contribution in [0.25, 0.3) is 0 Å². The van der Waals surface area contributed by atoms with Crippen molar-refractivity contribution in [1.29, 1.82) is 0 Å². The van der Waals surface area contributed by atoms with Crippen LogP contribution in [-0.2, 0) is 11.3 Å². The fraction of sp³-hybridized carbons (Fsp3) is 0.700. The van der Waals surface area contributed by atoms with Gasteiger partial charge in [-0.15, -0.1) is 24.0 Å². The lowest BCUT2D eigenvalue weighted by Crippen LogP contribution is -2.40. The van der Waals surface area contributed by atoms with Gasteiger partial charge in [0.15, 0.2) is 5.96 Å². The Hall–Kier alpha value is -1.09. The second kappa shape index (κ2) is 14.0. The van der Waals surface area contributed by atoms with Crippen LogP contribution in [0.5, 0.6) is 5.88 Å². The van der Waals surface area contributed by atoms with Crippen LogP contribution in [0.3, 0.4) is 0 Å². The van der Waals surface area contributed by atoms with Gasteiger partial charge in [0.2, 0.25) is 5.88 Å². The molecule has 2 rings (SSSR count). The number of rotatable bonds is 9. The summed E-state index contributed by atoms with van der Waals surface area (Å²) >= 11 is 0. The average Bonchev–Trinajstić information content (AvgIpc) is 2.69. The molecule has 0 unspecified atom stereocenters. The molecular weight excluding hydrogens is 455 g/mol. The number of ether oxygens (including phenoxy) is 2. The van der Waals surface area contributed by atoms with E-state index in [4.69, 9.17) is 14.5 Å². The first-order valence-electron chi connectivity index (χ1n) is 9.88. The highest BCUT2D eigenvalue weighted by molar-refractivity contribution is 14.0. The van der Waals surface area contributed by atoms with E-state index >= 15 is 0 Å². The molecule has 7 heteroatoms. The van der Waals surface area contributed by atoms with Crippen LogP contribution in [0.2, 0.25) is 0 Å². The van der Waals surface area contributed by atoms with Crippen LogP contribution in [0.15, 0.2) is 23.3 Å². The van der Waals surface area contributed by atoms with Gasteiger partial charge in [0.05, 0.1) is 13.2 Å². The van der Waals surface area contributed by atoms with E-state index in [1.165, 1.54) is 19.3 Å². The second-order valence-corrected chi connectivity index (χ2v) is 6.75. The van der Waals surface area contributed by atoms with E-state index < -0.39 is 0 Å². The maximum absolute atomic E-state index is 5.74. The van der Waals surface area contributed by atoms with Crippen molar-refractivity contribution in [3.05, 3.63) is 23.9 Å². The number of nitrogens with one attached hydrogen (secondary N) is 1. The third-order valence-corrected chi connectivity index (χ3v) is 4.60. The number of hydrogen-bond donors (Lipinski definition) is 1. The molecule has 0 saturated carbocycles. The lowest BCUT2D eigenvalue weighted by atomic mass is 9.96. The van der Waals surface area contributed by atoms with Gasteiger partial charge in [-0.3, -0.25) is 0 Å². The normalized spacial score (nSPS) is 15.1. The van der Waals surface area contributed by atoms with Crippen molar-refractivity contribution in [2.45, 2.75) is 46.1 Å². The van der Waals surface area contributed by atoms with Crippen molar-refractivity contribution in [2.24, 2.45) is 10.9 Å². The van der Waals surface area contributed by atoms with Gasteiger partial charge in [-0.1, -0.05) is 13.0 Å². The van der Waals surface area contributed by atoms with Gasteiger partial charge in [0, 0.05) is 45.1 Å². The van der Waals surface area contributed by atoms with Crippen molar-refractivity contribution in [1.82, 2.24) is 15.2 Å². The first-order valence-corrected chi connectivity index (χ1v) is 9.88.